The van der Waals surface area contributed by atoms with Gasteiger partial charge in [-0.25, -0.2) is 10.3 Å². The number of nitriles is 1. The smallest absolute Gasteiger partial charge is 0.261 e. The molecule has 4 rings (SSSR count). The molecule has 2 aromatic rings. The zero-order valence-electron chi connectivity index (χ0n) is 20.4. The topological polar surface area (TPSA) is 119 Å². The van der Waals surface area contributed by atoms with Crippen LogP contribution in [0.25, 0.3) is 0 Å². The van der Waals surface area contributed by atoms with Gasteiger partial charge in [0.25, 0.3) is 5.56 Å². The summed E-state index contributed by atoms with van der Waals surface area (Å²) in [5.74, 6) is 1.07. The number of anilines is 1. The molecule has 2 aliphatic rings. The number of H-pyrrole nitrogens is 1. The number of nitrogens with one attached hydrogen (secondary N) is 3. The number of rotatable bonds is 7. The molecule has 2 saturated carbocycles. The molecule has 0 bridgehead atoms. The summed E-state index contributed by atoms with van der Waals surface area (Å²) in [5.41, 5.74) is 7.76. The zero-order chi connectivity index (χ0) is 25.1. The van der Waals surface area contributed by atoms with E-state index in [-0.39, 0.29) is 11.4 Å². The molecule has 0 radical (unpaired) electrons. The molecule has 1 unspecified atom stereocenters. The van der Waals surface area contributed by atoms with E-state index in [0.29, 0.717) is 34.4 Å². The largest absolute Gasteiger partial charge is 0.383 e. The Balaban J connectivity index is 0.000000970. The number of nitrogens with two attached hydrogens (primary N) is 1. The minimum absolute atomic E-state index is 0.190. The Morgan fingerprint density at radius 2 is 1.68 bits per heavy atom. The molecule has 1 atom stereocenters. The predicted octanol–water partition coefficient (Wildman–Crippen LogP) is 5.34. The normalized spacial score (nSPS) is 20.7. The number of aromatic amines is 1. The van der Waals surface area contributed by atoms with Crippen LogP contribution < -0.4 is 21.9 Å². The maximum absolute atomic E-state index is 12.5. The molecule has 1 heterocycles. The van der Waals surface area contributed by atoms with Crippen LogP contribution in [0.4, 0.5) is 11.4 Å². The van der Waals surface area contributed by atoms with Crippen LogP contribution in [0.1, 0.15) is 64.9 Å². The maximum atomic E-state index is 12.5. The van der Waals surface area contributed by atoms with Crippen molar-refractivity contribution in [1.29, 1.82) is 5.26 Å². The van der Waals surface area contributed by atoms with Crippen LogP contribution in [0.5, 0.6) is 0 Å². The Morgan fingerprint density at radius 3 is 2.26 bits per heavy atom. The van der Waals surface area contributed by atoms with Crippen molar-refractivity contribution in [3.63, 3.8) is 0 Å². The Bertz CT molecular complexity index is 988. The van der Waals surface area contributed by atoms with Crippen LogP contribution in [0, 0.1) is 17.8 Å². The first kappa shape index (κ1) is 27.4. The molecular formula is C26H37ClN6O. The highest BCUT2D eigenvalue weighted by molar-refractivity contribution is 6.30. The van der Waals surface area contributed by atoms with Crippen LogP contribution in [0.3, 0.4) is 0 Å². The number of aromatic nitrogens is 1. The Morgan fingerprint density at radius 1 is 1.09 bits per heavy atom. The minimum atomic E-state index is -0.246. The molecule has 1 aromatic carbocycles. The number of amidine groups is 1. The van der Waals surface area contributed by atoms with Crippen molar-refractivity contribution in [2.75, 3.05) is 5.32 Å². The van der Waals surface area contributed by atoms with Crippen molar-refractivity contribution >= 4 is 28.8 Å². The Labute approximate surface area is 207 Å². The monoisotopic (exact) mass is 484 g/mol. The van der Waals surface area contributed by atoms with Crippen LogP contribution in [-0.2, 0) is 0 Å². The Hall–Kier alpha value is -2.82. The molecule has 34 heavy (non-hydrogen) atoms. The second-order valence-corrected chi connectivity index (χ2v) is 8.99. The lowest BCUT2D eigenvalue weighted by atomic mass is 9.90. The van der Waals surface area contributed by atoms with Crippen LogP contribution in [-0.4, -0.2) is 28.9 Å². The quantitative estimate of drug-likeness (QED) is 0.312. The molecule has 5 N–H and O–H groups in total. The summed E-state index contributed by atoms with van der Waals surface area (Å²) < 4.78 is 0. The average molecular weight is 485 g/mol. The van der Waals surface area contributed by atoms with Gasteiger partial charge >= 0.3 is 0 Å². The van der Waals surface area contributed by atoms with Gasteiger partial charge in [-0.1, -0.05) is 25.4 Å². The second-order valence-electron chi connectivity index (χ2n) is 8.55. The first-order chi connectivity index (χ1) is 16.5. The summed E-state index contributed by atoms with van der Waals surface area (Å²) in [4.78, 5) is 19.7. The van der Waals surface area contributed by atoms with E-state index in [1.54, 1.807) is 30.5 Å². The fourth-order valence-corrected chi connectivity index (χ4v) is 4.42. The van der Waals surface area contributed by atoms with Gasteiger partial charge in [0.15, 0.2) is 0 Å². The van der Waals surface area contributed by atoms with E-state index in [2.05, 4.69) is 34.1 Å². The number of pyridine rings is 1. The fourth-order valence-electron chi connectivity index (χ4n) is 4.29. The molecule has 7 nitrogen and oxygen atoms in total. The molecule has 0 spiro atoms. The lowest BCUT2D eigenvalue weighted by molar-refractivity contribution is 0.317. The Kier molecular flexibility index (Phi) is 11.1. The van der Waals surface area contributed by atoms with Gasteiger partial charge in [0, 0.05) is 35.9 Å². The maximum Gasteiger partial charge on any atom is 0.261 e. The van der Waals surface area contributed by atoms with Crippen molar-refractivity contribution in [1.82, 2.24) is 10.3 Å². The molecule has 2 fully saturated rings. The standard InChI is InChI=1S/C23H30ClN5O.C2H6.CHN/c1-14(15-2-3-15)27-17-8-10-18(11-9-17)28-20-12-13-26-23(30)21(20)22(25)29-19-6-4-16(24)5-7-19;2*1-2/h4-7,12-15,17-18,27H,2-3,8-11H2,1H3,(H2,25,29)(H2,26,28,30);1-2H3;1H. The number of hydrogen-bond acceptors (Lipinski definition) is 5. The minimum Gasteiger partial charge on any atom is -0.383 e. The molecule has 8 heteroatoms. The number of hydrogen-bond donors (Lipinski definition) is 4. The van der Waals surface area contributed by atoms with Gasteiger partial charge < -0.3 is 21.4 Å². The molecule has 1 aromatic heterocycles. The van der Waals surface area contributed by atoms with Crippen LogP contribution in [0.15, 0.2) is 46.3 Å². The van der Waals surface area contributed by atoms with Gasteiger partial charge in [0.1, 0.15) is 11.4 Å². The molecule has 0 saturated heterocycles. The van der Waals surface area contributed by atoms with Gasteiger partial charge in [-0.15, -0.1) is 0 Å². The summed E-state index contributed by atoms with van der Waals surface area (Å²) in [6.45, 7) is 9.81. The van der Waals surface area contributed by atoms with Crippen molar-refractivity contribution in [3.05, 3.63) is 57.5 Å². The third-order valence-electron chi connectivity index (χ3n) is 6.21. The molecule has 0 aliphatic heterocycles. The van der Waals surface area contributed by atoms with Crippen molar-refractivity contribution < 1.29 is 0 Å². The van der Waals surface area contributed by atoms with E-state index >= 15 is 0 Å². The number of benzene rings is 1. The van der Waals surface area contributed by atoms with Gasteiger partial charge in [-0.3, -0.25) is 4.79 Å². The van der Waals surface area contributed by atoms with Crippen molar-refractivity contribution in [3.8, 4) is 6.57 Å². The van der Waals surface area contributed by atoms with Gasteiger partial charge in [0.05, 0.1) is 11.4 Å². The number of aliphatic imine (C=N–C) groups is 1. The van der Waals surface area contributed by atoms with Gasteiger partial charge in [0.2, 0.25) is 0 Å². The summed E-state index contributed by atoms with van der Waals surface area (Å²) in [6, 6.07) is 10.4. The number of nitrogens with zero attached hydrogens (tertiary/aromatic N) is 2. The van der Waals surface area contributed by atoms with Gasteiger partial charge in [-0.05, 0) is 81.7 Å². The fraction of sp³-hybridized carbons (Fsp3) is 0.500. The number of halogens is 1. The first-order valence-corrected chi connectivity index (χ1v) is 12.5. The molecule has 2 aliphatic carbocycles. The lowest BCUT2D eigenvalue weighted by Gasteiger charge is -2.32. The third-order valence-corrected chi connectivity index (χ3v) is 6.46. The second kappa shape index (κ2) is 13.8. The van der Waals surface area contributed by atoms with E-state index in [9.17, 15) is 4.79 Å². The molecule has 0 amide bonds. The van der Waals surface area contributed by atoms with E-state index in [0.717, 1.165) is 37.3 Å². The lowest BCUT2D eigenvalue weighted by Crippen LogP contribution is -2.42. The van der Waals surface area contributed by atoms with Gasteiger partial charge in [-0.2, -0.15) is 0 Å². The van der Waals surface area contributed by atoms with Crippen LogP contribution in [0.2, 0.25) is 5.02 Å². The molecular weight excluding hydrogens is 448 g/mol. The van der Waals surface area contributed by atoms with Crippen molar-refractivity contribution in [2.24, 2.45) is 16.6 Å². The predicted molar refractivity (Wildman–Crippen MR) is 142 cm³/mol. The average Bonchev–Trinajstić information content (AvgIpc) is 3.70. The SMILES string of the molecule is C#N.CC.CC(NC1CCC(Nc2cc[nH]c(=O)c2C(N)=Nc2ccc(Cl)cc2)CC1)C1CC1. The molecule has 184 valence electrons. The first-order valence-electron chi connectivity index (χ1n) is 12.1. The summed E-state index contributed by atoms with van der Waals surface area (Å²) in [6.07, 6.45) is 8.80. The van der Waals surface area contributed by atoms with E-state index < -0.39 is 0 Å². The van der Waals surface area contributed by atoms with Crippen molar-refractivity contribution in [2.45, 2.75) is 77.4 Å². The highest BCUT2D eigenvalue weighted by Gasteiger charge is 2.30. The summed E-state index contributed by atoms with van der Waals surface area (Å²) in [5, 5.41) is 14.5. The highest BCUT2D eigenvalue weighted by atomic mass is 35.5. The van der Waals surface area contributed by atoms with E-state index in [4.69, 9.17) is 22.6 Å². The highest BCUT2D eigenvalue weighted by Crippen LogP contribution is 2.33. The summed E-state index contributed by atoms with van der Waals surface area (Å²) in [7, 11) is 0. The van der Waals surface area contributed by atoms with Crippen LogP contribution >= 0.6 is 11.6 Å². The van der Waals surface area contributed by atoms with E-state index in [1.165, 1.54) is 12.8 Å². The zero-order valence-corrected chi connectivity index (χ0v) is 21.1. The third kappa shape index (κ3) is 7.89. The van der Waals surface area contributed by atoms with E-state index in [1.807, 2.05) is 19.9 Å². The summed E-state index contributed by atoms with van der Waals surface area (Å²) >= 11 is 5.93.